The zero-order chi connectivity index (χ0) is 25.8. The number of para-hydroxylation sites is 2. The van der Waals surface area contributed by atoms with Gasteiger partial charge in [0.15, 0.2) is 0 Å². The Balaban J connectivity index is 1.21. The molecule has 0 aliphatic carbocycles. The van der Waals surface area contributed by atoms with Gasteiger partial charge in [-0.1, -0.05) is 30.3 Å². The molecule has 7 nitrogen and oxygen atoms in total. The molecule has 2 amide bonds. The highest BCUT2D eigenvalue weighted by molar-refractivity contribution is 7.86. The highest BCUT2D eigenvalue weighted by Crippen LogP contribution is 2.40. The van der Waals surface area contributed by atoms with E-state index in [1.807, 2.05) is 41.3 Å². The third kappa shape index (κ3) is 4.17. The number of hydrogen-bond acceptors (Lipinski definition) is 5. The van der Waals surface area contributed by atoms with E-state index in [1.54, 1.807) is 11.0 Å². The van der Waals surface area contributed by atoms with E-state index in [0.29, 0.717) is 42.9 Å². The molecule has 0 radical (unpaired) electrons. The number of likely N-dealkylation sites (tertiary alicyclic amines) is 2. The summed E-state index contributed by atoms with van der Waals surface area (Å²) in [5.41, 5.74) is 1.99. The molecule has 2 aliphatic rings. The van der Waals surface area contributed by atoms with Gasteiger partial charge in [0.2, 0.25) is 0 Å². The fourth-order valence-corrected chi connectivity index (χ4v) is 6.31. The SMILES string of the molecule is O=C(c1ccc(S(=O)(=O)F)cc1)N1CCCC2(CCN(C(=O)c3cccc4c3oc3ccccc34)C2)C1. The van der Waals surface area contributed by atoms with Gasteiger partial charge in [0.1, 0.15) is 11.2 Å². The lowest BCUT2D eigenvalue weighted by molar-refractivity contribution is 0.0516. The Morgan fingerprint density at radius 1 is 0.811 bits per heavy atom. The summed E-state index contributed by atoms with van der Waals surface area (Å²) in [6.45, 7) is 2.23. The Bertz CT molecular complexity index is 1650. The number of carbonyl (C=O) groups excluding carboxylic acids is 2. The van der Waals surface area contributed by atoms with Crippen LogP contribution >= 0.6 is 0 Å². The van der Waals surface area contributed by atoms with Crippen LogP contribution in [0.2, 0.25) is 0 Å². The highest BCUT2D eigenvalue weighted by atomic mass is 32.3. The van der Waals surface area contributed by atoms with Crippen LogP contribution in [0.4, 0.5) is 3.89 Å². The molecule has 0 bridgehead atoms. The van der Waals surface area contributed by atoms with E-state index in [2.05, 4.69) is 0 Å². The lowest BCUT2D eigenvalue weighted by atomic mass is 9.79. The number of halogens is 1. The van der Waals surface area contributed by atoms with Crippen LogP contribution in [-0.4, -0.2) is 56.2 Å². The molecule has 1 unspecified atom stereocenters. The van der Waals surface area contributed by atoms with Gasteiger partial charge in [-0.25, -0.2) is 0 Å². The van der Waals surface area contributed by atoms with Gasteiger partial charge in [0.05, 0.1) is 10.5 Å². The minimum atomic E-state index is -4.82. The Kier molecular flexibility index (Phi) is 5.56. The first kappa shape index (κ1) is 23.7. The monoisotopic (exact) mass is 520 g/mol. The molecule has 2 saturated heterocycles. The highest BCUT2D eigenvalue weighted by Gasteiger charge is 2.44. The van der Waals surface area contributed by atoms with Gasteiger partial charge >= 0.3 is 10.2 Å². The smallest absolute Gasteiger partial charge is 0.332 e. The molecule has 1 atom stereocenters. The van der Waals surface area contributed by atoms with Gasteiger partial charge in [-0.05, 0) is 55.7 Å². The normalized spacial score (nSPS) is 20.2. The molecule has 4 aromatic rings. The second kappa shape index (κ2) is 8.69. The van der Waals surface area contributed by atoms with Gasteiger partial charge in [-0.3, -0.25) is 9.59 Å². The molecule has 2 aliphatic heterocycles. The summed E-state index contributed by atoms with van der Waals surface area (Å²) >= 11 is 0. The summed E-state index contributed by atoms with van der Waals surface area (Å²) in [6.07, 6.45) is 2.51. The van der Waals surface area contributed by atoms with Crippen molar-refractivity contribution >= 4 is 44.0 Å². The third-order valence-corrected chi connectivity index (χ3v) is 8.53. The van der Waals surface area contributed by atoms with Crippen molar-refractivity contribution in [2.24, 2.45) is 5.41 Å². The number of benzene rings is 3. The summed E-state index contributed by atoms with van der Waals surface area (Å²) in [6, 6.07) is 18.3. The maximum atomic E-state index is 13.6. The first-order valence-corrected chi connectivity index (χ1v) is 13.7. The molecule has 2 fully saturated rings. The number of nitrogens with zero attached hydrogens (tertiary/aromatic N) is 2. The van der Waals surface area contributed by atoms with Gasteiger partial charge in [0.25, 0.3) is 11.8 Å². The van der Waals surface area contributed by atoms with Crippen molar-refractivity contribution in [3.8, 4) is 0 Å². The van der Waals surface area contributed by atoms with Crippen LogP contribution in [0.1, 0.15) is 40.0 Å². The Hall–Kier alpha value is -3.72. The van der Waals surface area contributed by atoms with Crippen LogP contribution in [0.3, 0.4) is 0 Å². The second-order valence-corrected chi connectivity index (χ2v) is 11.4. The maximum absolute atomic E-state index is 13.6. The molecule has 190 valence electrons. The van der Waals surface area contributed by atoms with E-state index < -0.39 is 15.1 Å². The Labute approximate surface area is 213 Å². The van der Waals surface area contributed by atoms with Crippen LogP contribution in [0, 0.1) is 5.41 Å². The van der Waals surface area contributed by atoms with Crippen LogP contribution in [0.5, 0.6) is 0 Å². The minimum Gasteiger partial charge on any atom is -0.455 e. The van der Waals surface area contributed by atoms with Gasteiger partial charge in [-0.15, -0.1) is 3.89 Å². The average molecular weight is 521 g/mol. The summed E-state index contributed by atoms with van der Waals surface area (Å²) < 4.78 is 41.5. The summed E-state index contributed by atoms with van der Waals surface area (Å²) in [4.78, 5) is 29.9. The second-order valence-electron chi connectivity index (χ2n) is 10.0. The fourth-order valence-electron chi connectivity index (χ4n) is 5.85. The number of piperidine rings is 1. The number of carbonyl (C=O) groups is 2. The summed E-state index contributed by atoms with van der Waals surface area (Å²) in [7, 11) is -4.82. The summed E-state index contributed by atoms with van der Waals surface area (Å²) in [5.74, 6) is -0.299. The number of rotatable bonds is 3. The zero-order valence-corrected chi connectivity index (χ0v) is 20.8. The van der Waals surface area contributed by atoms with Gasteiger partial charge in [0, 0.05) is 47.9 Å². The van der Waals surface area contributed by atoms with Crippen molar-refractivity contribution < 1.29 is 26.3 Å². The zero-order valence-electron chi connectivity index (χ0n) is 20.0. The average Bonchev–Trinajstić information content (AvgIpc) is 3.49. The Morgan fingerprint density at radius 2 is 1.51 bits per heavy atom. The van der Waals surface area contributed by atoms with Crippen molar-refractivity contribution in [1.29, 1.82) is 0 Å². The minimum absolute atomic E-state index is 0.0759. The van der Waals surface area contributed by atoms with E-state index in [-0.39, 0.29) is 17.2 Å². The summed E-state index contributed by atoms with van der Waals surface area (Å²) in [5, 5.41) is 1.89. The van der Waals surface area contributed by atoms with E-state index >= 15 is 0 Å². The van der Waals surface area contributed by atoms with Gasteiger partial charge in [-0.2, -0.15) is 8.42 Å². The molecule has 0 saturated carbocycles. The maximum Gasteiger partial charge on any atom is 0.332 e. The van der Waals surface area contributed by atoms with Crippen molar-refractivity contribution in [2.45, 2.75) is 24.2 Å². The topological polar surface area (TPSA) is 87.9 Å². The lowest BCUT2D eigenvalue weighted by Crippen LogP contribution is -2.47. The molecule has 9 heteroatoms. The third-order valence-electron chi connectivity index (χ3n) is 7.69. The van der Waals surface area contributed by atoms with Crippen LogP contribution in [0.25, 0.3) is 21.9 Å². The van der Waals surface area contributed by atoms with Crippen LogP contribution in [-0.2, 0) is 10.2 Å². The van der Waals surface area contributed by atoms with Crippen molar-refractivity contribution in [3.05, 3.63) is 77.9 Å². The fraction of sp³-hybridized carbons (Fsp3) is 0.286. The van der Waals surface area contributed by atoms with E-state index in [1.165, 1.54) is 12.1 Å². The number of furan rings is 1. The molecule has 0 N–H and O–H groups in total. The molecule has 3 aromatic carbocycles. The quantitative estimate of drug-likeness (QED) is 0.354. The largest absolute Gasteiger partial charge is 0.455 e. The molecule has 3 heterocycles. The van der Waals surface area contributed by atoms with Crippen LogP contribution < -0.4 is 0 Å². The number of hydrogen-bond donors (Lipinski definition) is 0. The van der Waals surface area contributed by atoms with E-state index in [9.17, 15) is 21.9 Å². The van der Waals surface area contributed by atoms with Crippen molar-refractivity contribution in [3.63, 3.8) is 0 Å². The van der Waals surface area contributed by atoms with Crippen molar-refractivity contribution in [1.82, 2.24) is 9.80 Å². The predicted octanol–water partition coefficient (Wildman–Crippen LogP) is 5.01. The predicted molar refractivity (Wildman–Crippen MR) is 137 cm³/mol. The number of fused-ring (bicyclic) bond motifs is 3. The molecule has 1 aromatic heterocycles. The lowest BCUT2D eigenvalue weighted by Gasteiger charge is -2.40. The first-order valence-electron chi connectivity index (χ1n) is 12.3. The van der Waals surface area contributed by atoms with Crippen LogP contribution in [0.15, 0.2) is 76.0 Å². The van der Waals surface area contributed by atoms with Gasteiger partial charge < -0.3 is 14.2 Å². The standard InChI is InChI=1S/C28H25FN2O5S/c29-37(34,35)20-11-9-19(10-12-20)26(32)30-15-4-13-28(17-30)14-16-31(18-28)27(33)23-7-3-6-22-21-5-1-2-8-24(21)36-25(22)23/h1-3,5-12H,4,13-18H2. The molecular weight excluding hydrogens is 495 g/mol. The molecule has 37 heavy (non-hydrogen) atoms. The van der Waals surface area contributed by atoms with E-state index in [0.717, 1.165) is 47.8 Å². The molecular formula is C28H25FN2O5S. The first-order chi connectivity index (χ1) is 17.7. The number of amides is 2. The van der Waals surface area contributed by atoms with Crippen molar-refractivity contribution in [2.75, 3.05) is 26.2 Å². The molecule has 1 spiro atoms. The van der Waals surface area contributed by atoms with E-state index in [4.69, 9.17) is 4.42 Å². The Morgan fingerprint density at radius 3 is 2.27 bits per heavy atom. The molecule has 6 rings (SSSR count).